The summed E-state index contributed by atoms with van der Waals surface area (Å²) in [7, 11) is 0. The molecule has 0 radical (unpaired) electrons. The second kappa shape index (κ2) is 15.7. The zero-order valence-corrected chi connectivity index (χ0v) is 33.0. The summed E-state index contributed by atoms with van der Waals surface area (Å²) in [6, 6.07) is 25.4. The van der Waals surface area contributed by atoms with E-state index in [0.29, 0.717) is 49.2 Å². The maximum absolute atomic E-state index is 6.52. The fourth-order valence-corrected chi connectivity index (χ4v) is 8.69. The maximum Gasteiger partial charge on any atom is 0.0769 e. The Kier molecular flexibility index (Phi) is 11.0. The van der Waals surface area contributed by atoms with Crippen molar-refractivity contribution in [2.75, 3.05) is 23.5 Å². The van der Waals surface area contributed by atoms with Gasteiger partial charge >= 0.3 is 0 Å². The van der Waals surface area contributed by atoms with Crippen LogP contribution >= 0.6 is 46.4 Å². The van der Waals surface area contributed by atoms with Crippen LogP contribution in [0.5, 0.6) is 0 Å². The molecule has 266 valence electrons. The van der Waals surface area contributed by atoms with Crippen LogP contribution in [0.25, 0.3) is 66.6 Å². The molecule has 5 heterocycles. The van der Waals surface area contributed by atoms with Gasteiger partial charge in [-0.15, -0.1) is 46.4 Å². The normalized spacial score (nSPS) is 13.1. The van der Waals surface area contributed by atoms with Crippen LogP contribution in [0.2, 0.25) is 0 Å². The number of H-pyrrole nitrogens is 2. The molecule has 5 aromatic rings. The highest BCUT2D eigenvalue weighted by atomic mass is 35.5. The van der Waals surface area contributed by atoms with Gasteiger partial charge in [-0.2, -0.15) is 0 Å². The second-order valence-electron chi connectivity index (χ2n) is 13.5. The lowest BCUT2D eigenvalue weighted by molar-refractivity contribution is 1.15. The van der Waals surface area contributed by atoms with Crippen molar-refractivity contribution >= 4 is 90.8 Å². The van der Waals surface area contributed by atoms with Crippen LogP contribution in [-0.2, 0) is 12.8 Å². The van der Waals surface area contributed by atoms with Gasteiger partial charge in [-0.05, 0) is 121 Å². The van der Waals surface area contributed by atoms with E-state index in [1.807, 2.05) is 6.07 Å². The van der Waals surface area contributed by atoms with Crippen LogP contribution < -0.4 is 0 Å². The largest absolute Gasteiger partial charge is 0.354 e. The van der Waals surface area contributed by atoms with Crippen LogP contribution in [-0.4, -0.2) is 43.5 Å². The van der Waals surface area contributed by atoms with Crippen LogP contribution in [0.4, 0.5) is 0 Å². The van der Waals surface area contributed by atoms with Crippen molar-refractivity contribution in [1.29, 1.82) is 0 Å². The number of aromatic nitrogens is 4. The van der Waals surface area contributed by atoms with Gasteiger partial charge in [-0.25, -0.2) is 9.97 Å². The SMILES string of the molecule is CC1=C(CCCl)c2cc3[nH]c(c(C)c3CCCl)c(-c3ccccc3)c3[nH]c(cc4nc(c(-c5ccccc5)c1n2)C(C)=C4CCCl)c(CCCl)c3C. The van der Waals surface area contributed by atoms with Gasteiger partial charge in [0.1, 0.15) is 0 Å². The molecular weight excluding hydrogens is 726 g/mol. The zero-order chi connectivity index (χ0) is 36.5. The smallest absolute Gasteiger partial charge is 0.0769 e. The van der Waals surface area contributed by atoms with Gasteiger partial charge in [0, 0.05) is 45.7 Å². The molecule has 0 fully saturated rings. The Labute approximate surface area is 326 Å². The highest BCUT2D eigenvalue weighted by Gasteiger charge is 2.27. The quantitative estimate of drug-likeness (QED) is 0.139. The molecule has 0 unspecified atom stereocenters. The van der Waals surface area contributed by atoms with Crippen molar-refractivity contribution in [3.8, 4) is 22.3 Å². The molecule has 0 spiro atoms. The number of benzene rings is 2. The average Bonchev–Trinajstić information content (AvgIpc) is 3.82. The number of hydrogen-bond donors (Lipinski definition) is 2. The minimum atomic E-state index is 0.481. The fraction of sp³-hybridized carbons (Fsp3) is 0.273. The van der Waals surface area contributed by atoms with Gasteiger partial charge < -0.3 is 9.97 Å². The monoisotopic (exact) mass is 766 g/mol. The maximum atomic E-state index is 6.52. The predicted molar refractivity (Wildman–Crippen MR) is 226 cm³/mol. The number of allylic oxidation sites excluding steroid dienone is 4. The summed E-state index contributed by atoms with van der Waals surface area (Å²) >= 11 is 26.0. The summed E-state index contributed by atoms with van der Waals surface area (Å²) in [5.41, 5.74) is 21.1. The van der Waals surface area contributed by atoms with Crippen LogP contribution in [0.15, 0.2) is 72.8 Å². The van der Waals surface area contributed by atoms with E-state index in [0.717, 1.165) is 101 Å². The second-order valence-corrected chi connectivity index (χ2v) is 15.0. The number of nitrogens with one attached hydrogen (secondary N) is 2. The number of aromatic amines is 2. The summed E-state index contributed by atoms with van der Waals surface area (Å²) in [5, 5.41) is 0. The van der Waals surface area contributed by atoms with E-state index in [4.69, 9.17) is 56.4 Å². The number of aryl methyl sites for hydroxylation is 4. The summed E-state index contributed by atoms with van der Waals surface area (Å²) in [5.74, 6) is 1.95. The lowest BCUT2D eigenvalue weighted by atomic mass is 9.93. The van der Waals surface area contributed by atoms with Crippen molar-refractivity contribution in [2.45, 2.75) is 53.4 Å². The van der Waals surface area contributed by atoms with Crippen molar-refractivity contribution in [3.05, 3.63) is 118 Å². The highest BCUT2D eigenvalue weighted by molar-refractivity contribution is 6.19. The first kappa shape index (κ1) is 36.6. The van der Waals surface area contributed by atoms with E-state index in [-0.39, 0.29) is 0 Å². The molecule has 3 aromatic heterocycles. The molecule has 2 N–H and O–H groups in total. The molecule has 0 aliphatic carbocycles. The molecule has 2 aromatic carbocycles. The first-order valence-corrected chi connectivity index (χ1v) is 20.0. The van der Waals surface area contributed by atoms with Crippen molar-refractivity contribution in [1.82, 2.24) is 19.9 Å². The van der Waals surface area contributed by atoms with Gasteiger partial charge in [-0.3, -0.25) is 0 Å². The molecule has 0 saturated carbocycles. The Morgan fingerprint density at radius 2 is 0.885 bits per heavy atom. The number of hydrogen-bond acceptors (Lipinski definition) is 2. The lowest BCUT2D eigenvalue weighted by Gasteiger charge is -2.10. The van der Waals surface area contributed by atoms with Gasteiger partial charge in [0.15, 0.2) is 0 Å². The molecule has 4 nitrogen and oxygen atoms in total. The van der Waals surface area contributed by atoms with Crippen LogP contribution in [0.3, 0.4) is 0 Å². The van der Waals surface area contributed by atoms with E-state index in [1.54, 1.807) is 0 Å². The highest BCUT2D eigenvalue weighted by Crippen LogP contribution is 2.44. The Balaban J connectivity index is 1.77. The molecule has 0 atom stereocenters. The number of rotatable bonds is 10. The Morgan fingerprint density at radius 1 is 0.500 bits per heavy atom. The average molecular weight is 769 g/mol. The van der Waals surface area contributed by atoms with Crippen molar-refractivity contribution in [3.63, 3.8) is 0 Å². The lowest BCUT2D eigenvalue weighted by Crippen LogP contribution is -1.93. The number of nitrogens with zero attached hydrogens (tertiary/aromatic N) is 2. The standard InChI is InChI=1S/C44H42Cl4N4/c1-25-31(15-19-45)35-23-36-33(17-21-47)27(3)43(51-36)40(30-13-9-6-10-14-30)44-28(4)34(18-22-48)38(52-44)24-37-32(16-20-46)26(2)42(50-37)39(41(25)49-35)29-11-7-5-8-12-29/h5-14,23-24,49-50H,15-22H2,1-4H3. The van der Waals surface area contributed by atoms with Gasteiger partial charge in [-0.1, -0.05) is 60.7 Å². The van der Waals surface area contributed by atoms with Crippen molar-refractivity contribution in [2.24, 2.45) is 0 Å². The Bertz CT molecular complexity index is 2260. The summed E-state index contributed by atoms with van der Waals surface area (Å²) < 4.78 is 0. The van der Waals surface area contributed by atoms with Crippen molar-refractivity contribution < 1.29 is 0 Å². The summed E-state index contributed by atoms with van der Waals surface area (Å²) in [6.45, 7) is 8.72. The fourth-order valence-electron chi connectivity index (χ4n) is 7.93. The topological polar surface area (TPSA) is 57.4 Å². The molecule has 7 rings (SSSR count). The van der Waals surface area contributed by atoms with Gasteiger partial charge in [0.25, 0.3) is 0 Å². The first-order chi connectivity index (χ1) is 25.3. The van der Waals surface area contributed by atoms with E-state index < -0.39 is 0 Å². The molecule has 2 aliphatic rings. The molecular formula is C44H42Cl4N4. The third kappa shape index (κ3) is 6.53. The zero-order valence-electron chi connectivity index (χ0n) is 30.0. The van der Waals surface area contributed by atoms with Crippen LogP contribution in [0, 0.1) is 13.8 Å². The van der Waals surface area contributed by atoms with E-state index >= 15 is 0 Å². The first-order valence-electron chi connectivity index (χ1n) is 17.9. The minimum Gasteiger partial charge on any atom is -0.354 e. The Morgan fingerprint density at radius 3 is 1.27 bits per heavy atom. The number of fused-ring (bicyclic) bond motifs is 8. The molecule has 8 bridgehead atoms. The third-order valence-corrected chi connectivity index (χ3v) is 11.3. The minimum absolute atomic E-state index is 0.481. The summed E-state index contributed by atoms with van der Waals surface area (Å²) in [6.07, 6.45) is 2.79. The molecule has 8 heteroatoms. The molecule has 0 amide bonds. The van der Waals surface area contributed by atoms with Crippen LogP contribution in [0.1, 0.15) is 71.7 Å². The molecule has 0 saturated heterocycles. The Hall–Kier alpha value is -3.80. The summed E-state index contributed by atoms with van der Waals surface area (Å²) in [4.78, 5) is 18.7. The molecule has 2 aliphatic heterocycles. The number of halogens is 4. The predicted octanol–water partition coefficient (Wildman–Crippen LogP) is 12.9. The van der Waals surface area contributed by atoms with E-state index in [1.165, 1.54) is 11.1 Å². The van der Waals surface area contributed by atoms with Gasteiger partial charge in [0.05, 0.1) is 33.8 Å². The van der Waals surface area contributed by atoms with Gasteiger partial charge in [0.2, 0.25) is 0 Å². The van der Waals surface area contributed by atoms with E-state index in [2.05, 4.69) is 104 Å². The van der Waals surface area contributed by atoms with E-state index in [9.17, 15) is 0 Å². The molecule has 52 heavy (non-hydrogen) atoms. The number of alkyl halides is 4. The third-order valence-electron chi connectivity index (χ3n) is 10.6.